The Hall–Kier alpha value is -1.94. The molecule has 3 heterocycles. The second-order valence-electron chi connectivity index (χ2n) is 7.58. The maximum absolute atomic E-state index is 14.7. The second kappa shape index (κ2) is 6.30. The molecule has 0 radical (unpaired) electrons. The van der Waals surface area contributed by atoms with Crippen molar-refractivity contribution in [2.24, 2.45) is 5.41 Å². The Morgan fingerprint density at radius 3 is 2.26 bits per heavy atom. The first-order chi connectivity index (χ1) is 12.7. The summed E-state index contributed by atoms with van der Waals surface area (Å²) in [6.45, 7) is 0.410. The highest BCUT2D eigenvalue weighted by Crippen LogP contribution is 2.44. The molecule has 0 aromatic heterocycles. The number of hydrogen-bond donors (Lipinski definition) is 1. The maximum Gasteiger partial charge on any atom is 0.414 e. The van der Waals surface area contributed by atoms with Crippen molar-refractivity contribution in [3.05, 3.63) is 23.8 Å². The third-order valence-corrected chi connectivity index (χ3v) is 7.69. The molecule has 3 aliphatic heterocycles. The summed E-state index contributed by atoms with van der Waals surface area (Å²) in [7, 11) is -2.95. The third-order valence-electron chi connectivity index (χ3n) is 5.58. The number of halogens is 2. The van der Waals surface area contributed by atoms with E-state index in [0.717, 1.165) is 17.0 Å². The number of amides is 1. The molecule has 0 aliphatic carbocycles. The number of carbonyl (C=O) groups excluding carboxylic acids is 1. The Labute approximate surface area is 155 Å². The minimum atomic E-state index is -2.95. The van der Waals surface area contributed by atoms with Crippen molar-refractivity contribution in [2.75, 3.05) is 47.5 Å². The molecule has 10 heteroatoms. The van der Waals surface area contributed by atoms with E-state index in [0.29, 0.717) is 25.9 Å². The Morgan fingerprint density at radius 2 is 1.78 bits per heavy atom. The summed E-state index contributed by atoms with van der Waals surface area (Å²) in [6.07, 6.45) is -0.334. The molecule has 1 atom stereocenters. The highest BCUT2D eigenvalue weighted by atomic mass is 32.2. The molecular weight excluding hydrogens is 382 g/mol. The fraction of sp³-hybridized carbons (Fsp3) is 0.588. The summed E-state index contributed by atoms with van der Waals surface area (Å²) < 4.78 is 57.1. The van der Waals surface area contributed by atoms with Crippen molar-refractivity contribution in [1.82, 2.24) is 0 Å². The zero-order valence-corrected chi connectivity index (χ0v) is 15.3. The molecule has 3 fully saturated rings. The van der Waals surface area contributed by atoms with Crippen molar-refractivity contribution < 1.29 is 31.8 Å². The topological polar surface area (TPSA) is 87.2 Å². The highest BCUT2D eigenvalue weighted by Gasteiger charge is 2.49. The average Bonchev–Trinajstić information content (AvgIpc) is 2.95. The predicted molar refractivity (Wildman–Crippen MR) is 93.6 cm³/mol. The lowest BCUT2D eigenvalue weighted by atomic mass is 9.81. The van der Waals surface area contributed by atoms with E-state index in [9.17, 15) is 22.0 Å². The van der Waals surface area contributed by atoms with E-state index in [1.54, 1.807) is 4.90 Å². The van der Waals surface area contributed by atoms with E-state index >= 15 is 0 Å². The van der Waals surface area contributed by atoms with Crippen LogP contribution in [0.4, 0.5) is 25.0 Å². The van der Waals surface area contributed by atoms with Gasteiger partial charge in [0.25, 0.3) is 0 Å². The van der Waals surface area contributed by atoms with Gasteiger partial charge in [0.15, 0.2) is 21.5 Å². The van der Waals surface area contributed by atoms with Crippen molar-refractivity contribution in [2.45, 2.75) is 18.9 Å². The molecule has 0 saturated carbocycles. The Kier molecular flexibility index (Phi) is 4.30. The lowest BCUT2D eigenvalue weighted by molar-refractivity contribution is 0.0963. The van der Waals surface area contributed by atoms with Crippen LogP contribution in [-0.4, -0.2) is 63.5 Å². The molecule has 4 rings (SSSR count). The normalized spacial score (nSPS) is 26.2. The molecule has 1 amide bonds. The van der Waals surface area contributed by atoms with Crippen molar-refractivity contribution in [3.63, 3.8) is 0 Å². The van der Waals surface area contributed by atoms with Gasteiger partial charge in [-0.15, -0.1) is 0 Å². The number of piperidine rings is 1. The predicted octanol–water partition coefficient (Wildman–Crippen LogP) is 1.30. The molecule has 1 aromatic rings. The van der Waals surface area contributed by atoms with Crippen LogP contribution in [0, 0.1) is 17.0 Å². The van der Waals surface area contributed by atoms with Gasteiger partial charge in [0.05, 0.1) is 30.3 Å². The number of sulfone groups is 1. The Balaban J connectivity index is 1.51. The molecule has 1 aromatic carbocycles. The van der Waals surface area contributed by atoms with Gasteiger partial charge in [-0.05, 0) is 12.8 Å². The summed E-state index contributed by atoms with van der Waals surface area (Å²) in [6, 6.07) is 2.16. The van der Waals surface area contributed by atoms with Gasteiger partial charge < -0.3 is 14.7 Å². The van der Waals surface area contributed by atoms with Gasteiger partial charge in [-0.2, -0.15) is 0 Å². The van der Waals surface area contributed by atoms with E-state index in [-0.39, 0.29) is 41.4 Å². The van der Waals surface area contributed by atoms with Crippen molar-refractivity contribution in [1.29, 1.82) is 0 Å². The summed E-state index contributed by atoms with van der Waals surface area (Å²) >= 11 is 0. The standard InChI is InChI=1S/C17H20F2N2O5S/c18-13-5-11(21-7-12(8-22)26-16(21)23)6-14(19)15(13)20-3-1-17(2-4-20)9-27(24,25)10-17/h5-6,12,22H,1-4,7-10H2/t12-/m1/s1. The number of hydrogen-bond acceptors (Lipinski definition) is 6. The molecule has 7 nitrogen and oxygen atoms in total. The average molecular weight is 402 g/mol. The second-order valence-corrected chi connectivity index (χ2v) is 9.64. The number of benzene rings is 1. The number of carbonyl (C=O) groups is 1. The van der Waals surface area contributed by atoms with Gasteiger partial charge in [-0.3, -0.25) is 4.90 Å². The monoisotopic (exact) mass is 402 g/mol. The van der Waals surface area contributed by atoms with Crippen LogP contribution in [-0.2, 0) is 14.6 Å². The van der Waals surface area contributed by atoms with Crippen LogP contribution in [0.25, 0.3) is 0 Å². The van der Waals surface area contributed by atoms with Crippen LogP contribution in [0.2, 0.25) is 0 Å². The molecular formula is C17H20F2N2O5S. The van der Waals surface area contributed by atoms with Crippen LogP contribution >= 0.6 is 0 Å². The minimum Gasteiger partial charge on any atom is -0.441 e. The SMILES string of the molecule is O=C1O[C@@H](CO)CN1c1cc(F)c(N2CCC3(CC2)CS(=O)(=O)C3)c(F)c1. The van der Waals surface area contributed by atoms with E-state index < -0.39 is 33.7 Å². The zero-order valence-electron chi connectivity index (χ0n) is 14.5. The van der Waals surface area contributed by atoms with E-state index in [1.807, 2.05) is 0 Å². The highest BCUT2D eigenvalue weighted by molar-refractivity contribution is 7.92. The van der Waals surface area contributed by atoms with Gasteiger partial charge in [-0.1, -0.05) is 0 Å². The fourth-order valence-corrected chi connectivity index (χ4v) is 6.58. The zero-order chi connectivity index (χ0) is 19.4. The summed E-state index contributed by atoms with van der Waals surface area (Å²) in [4.78, 5) is 14.5. The van der Waals surface area contributed by atoms with E-state index in [1.165, 1.54) is 0 Å². The smallest absolute Gasteiger partial charge is 0.414 e. The molecule has 3 saturated heterocycles. The number of cyclic esters (lactones) is 1. The van der Waals surface area contributed by atoms with Gasteiger partial charge in [-0.25, -0.2) is 22.0 Å². The molecule has 0 bridgehead atoms. The number of nitrogens with zero attached hydrogens (tertiary/aromatic N) is 2. The lowest BCUT2D eigenvalue weighted by Gasteiger charge is -2.47. The van der Waals surface area contributed by atoms with E-state index in [4.69, 9.17) is 9.84 Å². The quantitative estimate of drug-likeness (QED) is 0.820. The lowest BCUT2D eigenvalue weighted by Crippen LogP contribution is -2.54. The van der Waals surface area contributed by atoms with Gasteiger partial charge in [0.2, 0.25) is 0 Å². The number of aliphatic hydroxyl groups is 1. The van der Waals surface area contributed by atoms with Crippen molar-refractivity contribution in [3.8, 4) is 0 Å². The first kappa shape index (κ1) is 18.4. The number of rotatable bonds is 3. The largest absolute Gasteiger partial charge is 0.441 e. The van der Waals surface area contributed by atoms with E-state index in [2.05, 4.69) is 0 Å². The van der Waals surface area contributed by atoms with Crippen LogP contribution in [0.1, 0.15) is 12.8 Å². The molecule has 0 unspecified atom stereocenters. The number of ether oxygens (including phenoxy) is 1. The number of anilines is 2. The fourth-order valence-electron chi connectivity index (χ4n) is 4.22. The molecule has 148 valence electrons. The minimum absolute atomic E-state index is 0.0221. The number of aliphatic hydroxyl groups excluding tert-OH is 1. The van der Waals surface area contributed by atoms with Crippen LogP contribution in [0.15, 0.2) is 12.1 Å². The van der Waals surface area contributed by atoms with Crippen LogP contribution in [0.3, 0.4) is 0 Å². The first-order valence-electron chi connectivity index (χ1n) is 8.75. The van der Waals surface area contributed by atoms with Crippen LogP contribution < -0.4 is 9.80 Å². The summed E-state index contributed by atoms with van der Waals surface area (Å²) in [5.74, 6) is -1.27. The first-order valence-corrected chi connectivity index (χ1v) is 10.6. The molecule has 1 spiro atoms. The summed E-state index contributed by atoms with van der Waals surface area (Å²) in [5.41, 5.74) is -0.378. The Morgan fingerprint density at radius 1 is 1.19 bits per heavy atom. The van der Waals surface area contributed by atoms with Gasteiger partial charge >= 0.3 is 6.09 Å². The van der Waals surface area contributed by atoms with Crippen molar-refractivity contribution >= 4 is 27.3 Å². The van der Waals surface area contributed by atoms with Gasteiger partial charge in [0, 0.05) is 30.6 Å². The van der Waals surface area contributed by atoms with Gasteiger partial charge in [0.1, 0.15) is 11.8 Å². The molecule has 1 N–H and O–H groups in total. The third kappa shape index (κ3) is 3.25. The summed E-state index contributed by atoms with van der Waals surface area (Å²) in [5, 5.41) is 9.08. The molecule has 3 aliphatic rings. The van der Waals surface area contributed by atoms with Crippen LogP contribution in [0.5, 0.6) is 0 Å². The Bertz CT molecular complexity index is 846. The maximum atomic E-state index is 14.7. The molecule has 27 heavy (non-hydrogen) atoms.